The molecule has 0 spiro atoms. The minimum atomic E-state index is -0.000900. The van der Waals surface area contributed by atoms with Crippen molar-refractivity contribution in [3.8, 4) is 0 Å². The van der Waals surface area contributed by atoms with Crippen molar-refractivity contribution in [3.05, 3.63) is 33.4 Å². The van der Waals surface area contributed by atoms with E-state index in [1.165, 1.54) is 0 Å². The van der Waals surface area contributed by atoms with E-state index in [-0.39, 0.29) is 23.5 Å². The fourth-order valence-corrected chi connectivity index (χ4v) is 2.73. The number of hydrogen-bond acceptors (Lipinski definition) is 2. The summed E-state index contributed by atoms with van der Waals surface area (Å²) in [7, 11) is 1.73. The molecule has 0 bridgehead atoms. The van der Waals surface area contributed by atoms with E-state index in [2.05, 4.69) is 41.8 Å². The molecule has 0 heterocycles. The molecule has 98 valence electrons. The van der Waals surface area contributed by atoms with Gasteiger partial charge in [0.1, 0.15) is 0 Å². The number of amides is 1. The Hall–Kier alpha value is -0.620. The molecule has 0 aromatic heterocycles. The molecule has 1 N–H and O–H groups in total. The standard InChI is InChI=1S/C14H18INO2/c1-14(2)11(8-12(14)18-3)16-13(17)9-4-6-10(15)7-5-9/h4-7,11-12H,8H2,1-3H3,(H,16,17). The molecule has 2 atom stereocenters. The number of ether oxygens (including phenoxy) is 1. The summed E-state index contributed by atoms with van der Waals surface area (Å²) in [6.07, 6.45) is 1.12. The third kappa shape index (κ3) is 2.54. The van der Waals surface area contributed by atoms with Crippen molar-refractivity contribution in [1.29, 1.82) is 0 Å². The van der Waals surface area contributed by atoms with Gasteiger partial charge in [-0.15, -0.1) is 0 Å². The molecule has 2 unspecified atom stereocenters. The van der Waals surface area contributed by atoms with Gasteiger partial charge < -0.3 is 10.1 Å². The lowest BCUT2D eigenvalue weighted by Crippen LogP contribution is -2.61. The van der Waals surface area contributed by atoms with Crippen molar-refractivity contribution in [2.24, 2.45) is 5.41 Å². The Morgan fingerprint density at radius 2 is 2.00 bits per heavy atom. The number of nitrogens with one attached hydrogen (secondary N) is 1. The van der Waals surface area contributed by atoms with Gasteiger partial charge in [0.2, 0.25) is 0 Å². The SMILES string of the molecule is COC1CC(NC(=O)c2ccc(I)cc2)C1(C)C. The van der Waals surface area contributed by atoms with Gasteiger partial charge in [-0.05, 0) is 53.3 Å². The topological polar surface area (TPSA) is 38.3 Å². The highest BCUT2D eigenvalue weighted by Gasteiger charge is 2.49. The predicted octanol–water partition coefficient (Wildman–Crippen LogP) is 2.83. The lowest BCUT2D eigenvalue weighted by Gasteiger charge is -2.51. The number of carbonyl (C=O) groups excluding carboxylic acids is 1. The fraction of sp³-hybridized carbons (Fsp3) is 0.500. The van der Waals surface area contributed by atoms with Crippen LogP contribution in [0, 0.1) is 8.99 Å². The van der Waals surface area contributed by atoms with Gasteiger partial charge in [0.15, 0.2) is 0 Å². The van der Waals surface area contributed by atoms with E-state index in [9.17, 15) is 4.79 Å². The molecule has 0 aliphatic heterocycles. The van der Waals surface area contributed by atoms with Crippen molar-refractivity contribution in [2.75, 3.05) is 7.11 Å². The van der Waals surface area contributed by atoms with Crippen LogP contribution in [-0.4, -0.2) is 25.2 Å². The first-order chi connectivity index (χ1) is 8.45. The van der Waals surface area contributed by atoms with Crippen LogP contribution in [0.4, 0.5) is 0 Å². The average Bonchev–Trinajstić information content (AvgIpc) is 2.34. The first kappa shape index (κ1) is 13.8. The van der Waals surface area contributed by atoms with Crippen molar-refractivity contribution in [2.45, 2.75) is 32.4 Å². The van der Waals surface area contributed by atoms with Gasteiger partial charge in [-0.2, -0.15) is 0 Å². The molecule has 1 aliphatic rings. The summed E-state index contributed by atoms with van der Waals surface area (Å²) in [5.41, 5.74) is 0.722. The van der Waals surface area contributed by atoms with Crippen LogP contribution < -0.4 is 5.32 Å². The van der Waals surface area contributed by atoms with E-state index in [0.717, 1.165) is 9.99 Å². The van der Waals surface area contributed by atoms with E-state index < -0.39 is 0 Å². The lowest BCUT2D eigenvalue weighted by molar-refractivity contribution is -0.0942. The van der Waals surface area contributed by atoms with Crippen LogP contribution in [0.5, 0.6) is 0 Å². The third-order valence-corrected chi connectivity index (χ3v) is 4.59. The molecular formula is C14H18INO2. The maximum atomic E-state index is 12.1. The average molecular weight is 359 g/mol. The summed E-state index contributed by atoms with van der Waals surface area (Å²) in [5, 5.41) is 3.09. The van der Waals surface area contributed by atoms with Crippen LogP contribution >= 0.6 is 22.6 Å². The summed E-state index contributed by atoms with van der Waals surface area (Å²) >= 11 is 2.23. The predicted molar refractivity (Wildman–Crippen MR) is 79.6 cm³/mol. The molecule has 1 saturated carbocycles. The van der Waals surface area contributed by atoms with Gasteiger partial charge in [-0.1, -0.05) is 13.8 Å². The summed E-state index contributed by atoms with van der Waals surface area (Å²) in [6.45, 7) is 4.26. The molecule has 3 nitrogen and oxygen atoms in total. The molecule has 1 aliphatic carbocycles. The number of halogens is 1. The van der Waals surface area contributed by atoms with E-state index >= 15 is 0 Å². The molecular weight excluding hydrogens is 341 g/mol. The van der Waals surface area contributed by atoms with E-state index in [1.807, 2.05) is 24.3 Å². The highest BCUT2D eigenvalue weighted by atomic mass is 127. The zero-order valence-corrected chi connectivity index (χ0v) is 13.0. The Labute approximate surface area is 121 Å². The van der Waals surface area contributed by atoms with Gasteiger partial charge in [0.25, 0.3) is 5.91 Å². The van der Waals surface area contributed by atoms with Gasteiger partial charge in [-0.3, -0.25) is 4.79 Å². The van der Waals surface area contributed by atoms with Crippen LogP contribution in [0.3, 0.4) is 0 Å². The number of methoxy groups -OCH3 is 1. The largest absolute Gasteiger partial charge is 0.381 e. The number of carbonyl (C=O) groups is 1. The smallest absolute Gasteiger partial charge is 0.251 e. The van der Waals surface area contributed by atoms with Crippen molar-refractivity contribution in [1.82, 2.24) is 5.32 Å². The Morgan fingerprint density at radius 1 is 1.39 bits per heavy atom. The zero-order chi connectivity index (χ0) is 13.3. The highest BCUT2D eigenvalue weighted by Crippen LogP contribution is 2.42. The lowest BCUT2D eigenvalue weighted by atomic mass is 9.64. The summed E-state index contributed by atoms with van der Waals surface area (Å²) in [5.74, 6) is -0.000900. The minimum absolute atomic E-state index is 0.000900. The fourth-order valence-electron chi connectivity index (χ4n) is 2.37. The van der Waals surface area contributed by atoms with E-state index in [0.29, 0.717) is 5.56 Å². The molecule has 0 saturated heterocycles. The molecule has 4 heteroatoms. The molecule has 2 rings (SSSR count). The Kier molecular flexibility index (Phi) is 3.96. The van der Waals surface area contributed by atoms with Crippen LogP contribution in [0.1, 0.15) is 30.6 Å². The highest BCUT2D eigenvalue weighted by molar-refractivity contribution is 14.1. The number of rotatable bonds is 3. The van der Waals surface area contributed by atoms with Gasteiger partial charge in [-0.25, -0.2) is 0 Å². The van der Waals surface area contributed by atoms with Crippen molar-refractivity contribution in [3.63, 3.8) is 0 Å². The minimum Gasteiger partial charge on any atom is -0.381 e. The van der Waals surface area contributed by atoms with Crippen molar-refractivity contribution < 1.29 is 9.53 Å². The van der Waals surface area contributed by atoms with Gasteiger partial charge >= 0.3 is 0 Å². The molecule has 18 heavy (non-hydrogen) atoms. The number of benzene rings is 1. The van der Waals surface area contributed by atoms with Crippen LogP contribution in [0.2, 0.25) is 0 Å². The summed E-state index contributed by atoms with van der Waals surface area (Å²) in [4.78, 5) is 12.1. The Bertz CT molecular complexity index is 442. The summed E-state index contributed by atoms with van der Waals surface area (Å²) < 4.78 is 6.51. The molecule has 0 radical (unpaired) electrons. The molecule has 1 amide bonds. The second-order valence-corrected chi connectivity index (χ2v) is 6.56. The zero-order valence-electron chi connectivity index (χ0n) is 10.9. The monoisotopic (exact) mass is 359 g/mol. The van der Waals surface area contributed by atoms with Gasteiger partial charge in [0.05, 0.1) is 6.10 Å². The second-order valence-electron chi connectivity index (χ2n) is 5.31. The Balaban J connectivity index is 1.99. The van der Waals surface area contributed by atoms with Crippen LogP contribution in [0.25, 0.3) is 0 Å². The van der Waals surface area contributed by atoms with Crippen LogP contribution in [-0.2, 0) is 4.74 Å². The quantitative estimate of drug-likeness (QED) is 0.843. The van der Waals surface area contributed by atoms with Crippen LogP contribution in [0.15, 0.2) is 24.3 Å². The maximum Gasteiger partial charge on any atom is 0.251 e. The summed E-state index contributed by atoms with van der Waals surface area (Å²) in [6, 6.07) is 7.79. The van der Waals surface area contributed by atoms with E-state index in [4.69, 9.17) is 4.74 Å². The number of hydrogen-bond donors (Lipinski definition) is 1. The van der Waals surface area contributed by atoms with Crippen molar-refractivity contribution >= 4 is 28.5 Å². The molecule has 1 aromatic carbocycles. The maximum absolute atomic E-state index is 12.1. The Morgan fingerprint density at radius 3 is 2.50 bits per heavy atom. The first-order valence-electron chi connectivity index (χ1n) is 6.04. The second kappa shape index (κ2) is 5.17. The first-order valence-corrected chi connectivity index (χ1v) is 7.12. The van der Waals surface area contributed by atoms with E-state index in [1.54, 1.807) is 7.11 Å². The third-order valence-electron chi connectivity index (χ3n) is 3.87. The molecule has 1 fully saturated rings. The normalized spacial score (nSPS) is 25.3. The molecule has 1 aromatic rings. The van der Waals surface area contributed by atoms with Gasteiger partial charge in [0, 0.05) is 27.7 Å².